The maximum absolute atomic E-state index is 12.5. The number of piperidine rings is 1. The normalized spacial score (nSPS) is 23.2. The molecule has 2 aromatic heterocycles. The van der Waals surface area contributed by atoms with Gasteiger partial charge in [0.1, 0.15) is 0 Å². The number of likely N-dealkylation sites (tertiary alicyclic amines) is 1. The molecule has 0 saturated carbocycles. The first-order valence-corrected chi connectivity index (χ1v) is 10.1. The summed E-state index contributed by atoms with van der Waals surface area (Å²) in [6, 6.07) is 1.66. The predicted octanol–water partition coefficient (Wildman–Crippen LogP) is 2.60. The van der Waals surface area contributed by atoms with Crippen molar-refractivity contribution in [2.75, 3.05) is 18.8 Å². The number of aromatic nitrogens is 4. The third-order valence-corrected chi connectivity index (χ3v) is 6.40. The fourth-order valence-corrected chi connectivity index (χ4v) is 4.87. The van der Waals surface area contributed by atoms with E-state index in [4.69, 9.17) is 0 Å². The lowest BCUT2D eigenvalue weighted by molar-refractivity contribution is 0.223. The SMILES string of the molecule is O=c1cc(CN2CCC3CC=CC=C3C2)[nH]c2nc(C3=CCCS3)nn12. The quantitative estimate of drug-likeness (QED) is 0.903. The molecule has 0 aromatic carbocycles. The van der Waals surface area contributed by atoms with Crippen molar-refractivity contribution in [3.05, 3.63) is 57.8 Å². The first-order valence-electron chi connectivity index (χ1n) is 9.16. The summed E-state index contributed by atoms with van der Waals surface area (Å²) in [4.78, 5) is 23.8. The summed E-state index contributed by atoms with van der Waals surface area (Å²) >= 11 is 1.75. The fourth-order valence-electron chi connectivity index (χ4n) is 3.96. The molecule has 26 heavy (non-hydrogen) atoms. The summed E-state index contributed by atoms with van der Waals surface area (Å²) in [6.45, 7) is 2.77. The molecular formula is C19H21N5OS. The van der Waals surface area contributed by atoms with E-state index in [1.807, 2.05) is 0 Å². The highest BCUT2D eigenvalue weighted by Gasteiger charge is 2.24. The number of nitrogens with zero attached hydrogens (tertiary/aromatic N) is 4. The minimum atomic E-state index is -0.120. The third-order valence-electron chi connectivity index (χ3n) is 5.30. The van der Waals surface area contributed by atoms with Gasteiger partial charge in [0, 0.05) is 30.6 Å². The first kappa shape index (κ1) is 16.1. The van der Waals surface area contributed by atoms with Crippen molar-refractivity contribution in [2.24, 2.45) is 5.92 Å². The Morgan fingerprint density at radius 1 is 1.38 bits per heavy atom. The van der Waals surface area contributed by atoms with Crippen molar-refractivity contribution in [1.82, 2.24) is 24.5 Å². The van der Waals surface area contributed by atoms with Crippen LogP contribution in [-0.2, 0) is 6.54 Å². The van der Waals surface area contributed by atoms with Crippen molar-refractivity contribution in [3.8, 4) is 0 Å². The molecule has 1 aliphatic carbocycles. The second kappa shape index (κ2) is 6.55. The molecule has 0 amide bonds. The zero-order valence-electron chi connectivity index (χ0n) is 14.5. The van der Waals surface area contributed by atoms with Crippen LogP contribution < -0.4 is 5.56 Å². The number of H-pyrrole nitrogens is 1. The van der Waals surface area contributed by atoms with Gasteiger partial charge in [0.25, 0.3) is 5.56 Å². The number of aromatic amines is 1. The van der Waals surface area contributed by atoms with Gasteiger partial charge in [-0.05, 0) is 31.7 Å². The lowest BCUT2D eigenvalue weighted by atomic mass is 9.85. The molecule has 0 spiro atoms. The van der Waals surface area contributed by atoms with Crippen LogP contribution in [0.3, 0.4) is 0 Å². The maximum atomic E-state index is 12.5. The van der Waals surface area contributed by atoms with Gasteiger partial charge >= 0.3 is 0 Å². The second-order valence-corrected chi connectivity index (χ2v) is 8.25. The van der Waals surface area contributed by atoms with Gasteiger partial charge in [-0.1, -0.05) is 29.9 Å². The Balaban J connectivity index is 1.40. The molecule has 0 bridgehead atoms. The Hall–Kier alpha value is -2.12. The molecule has 1 saturated heterocycles. The molecule has 7 heteroatoms. The van der Waals surface area contributed by atoms with Gasteiger partial charge in [0.05, 0.1) is 4.91 Å². The van der Waals surface area contributed by atoms with Crippen LogP contribution in [-0.4, -0.2) is 43.3 Å². The highest BCUT2D eigenvalue weighted by Crippen LogP contribution is 2.32. The van der Waals surface area contributed by atoms with Crippen LogP contribution in [0.2, 0.25) is 0 Å². The van der Waals surface area contributed by atoms with Gasteiger partial charge in [-0.3, -0.25) is 9.69 Å². The number of hydrogen-bond donors (Lipinski definition) is 1. The van der Waals surface area contributed by atoms with Crippen LogP contribution in [0.15, 0.2) is 40.7 Å². The number of rotatable bonds is 3. The van der Waals surface area contributed by atoms with E-state index in [-0.39, 0.29) is 5.56 Å². The molecule has 5 rings (SSSR count). The predicted molar refractivity (Wildman–Crippen MR) is 104 cm³/mol. The van der Waals surface area contributed by atoms with Gasteiger partial charge in [-0.2, -0.15) is 9.50 Å². The van der Waals surface area contributed by atoms with E-state index >= 15 is 0 Å². The Kier molecular flexibility index (Phi) is 4.05. The summed E-state index contributed by atoms with van der Waals surface area (Å²) in [5, 5.41) is 4.38. The van der Waals surface area contributed by atoms with Crippen LogP contribution >= 0.6 is 11.8 Å². The molecule has 3 aliphatic rings. The van der Waals surface area contributed by atoms with Crippen LogP contribution in [0, 0.1) is 5.92 Å². The highest BCUT2D eigenvalue weighted by molar-refractivity contribution is 8.08. The van der Waals surface area contributed by atoms with E-state index in [9.17, 15) is 4.79 Å². The highest BCUT2D eigenvalue weighted by atomic mass is 32.2. The largest absolute Gasteiger partial charge is 0.326 e. The van der Waals surface area contributed by atoms with Gasteiger partial charge in [0.2, 0.25) is 5.78 Å². The van der Waals surface area contributed by atoms with E-state index in [2.05, 4.69) is 44.3 Å². The van der Waals surface area contributed by atoms with Crippen molar-refractivity contribution in [3.63, 3.8) is 0 Å². The lowest BCUT2D eigenvalue weighted by Gasteiger charge is -2.34. The molecule has 6 nitrogen and oxygen atoms in total. The van der Waals surface area contributed by atoms with E-state index < -0.39 is 0 Å². The molecule has 1 N–H and O–H groups in total. The Bertz CT molecular complexity index is 999. The average Bonchev–Trinajstić information content (AvgIpc) is 3.31. The number of hydrogen-bond acceptors (Lipinski definition) is 5. The van der Waals surface area contributed by atoms with Crippen molar-refractivity contribution < 1.29 is 0 Å². The molecule has 4 heterocycles. The monoisotopic (exact) mass is 367 g/mol. The van der Waals surface area contributed by atoms with Gasteiger partial charge in [-0.15, -0.1) is 16.9 Å². The number of nitrogens with one attached hydrogen (secondary N) is 1. The molecule has 1 unspecified atom stereocenters. The number of thioether (sulfide) groups is 1. The molecule has 1 atom stereocenters. The molecule has 2 aromatic rings. The summed E-state index contributed by atoms with van der Waals surface area (Å²) < 4.78 is 1.37. The zero-order valence-corrected chi connectivity index (χ0v) is 15.3. The summed E-state index contributed by atoms with van der Waals surface area (Å²) in [5.74, 6) is 2.95. The van der Waals surface area contributed by atoms with Crippen LogP contribution in [0.1, 0.15) is 30.8 Å². The van der Waals surface area contributed by atoms with E-state index in [1.54, 1.807) is 17.8 Å². The summed E-state index contributed by atoms with van der Waals surface area (Å²) in [5.41, 5.74) is 2.29. The molecule has 2 aliphatic heterocycles. The van der Waals surface area contributed by atoms with Crippen molar-refractivity contribution in [2.45, 2.75) is 25.8 Å². The minimum absolute atomic E-state index is 0.120. The number of fused-ring (bicyclic) bond motifs is 2. The van der Waals surface area contributed by atoms with E-state index in [0.29, 0.717) is 17.5 Å². The second-order valence-electron chi connectivity index (χ2n) is 7.11. The molecular weight excluding hydrogens is 346 g/mol. The van der Waals surface area contributed by atoms with E-state index in [0.717, 1.165) is 42.4 Å². The number of allylic oxidation sites excluding steroid dienone is 4. The van der Waals surface area contributed by atoms with Gasteiger partial charge < -0.3 is 4.98 Å². The third kappa shape index (κ3) is 2.95. The topological polar surface area (TPSA) is 66.3 Å². The minimum Gasteiger partial charge on any atom is -0.326 e. The van der Waals surface area contributed by atoms with Gasteiger partial charge in [-0.25, -0.2) is 0 Å². The van der Waals surface area contributed by atoms with E-state index in [1.165, 1.54) is 22.9 Å². The summed E-state index contributed by atoms with van der Waals surface area (Å²) in [7, 11) is 0. The standard InChI is InChI=1S/C19H21N5OS/c25-17-10-15(12-23-8-7-13-4-1-2-5-14(13)11-23)20-19-21-18(22-24(17)19)16-6-3-9-26-16/h1-2,5-6,10,13H,3-4,7-9,11-12H2,(H,20,21,22). The van der Waals surface area contributed by atoms with Crippen LogP contribution in [0.5, 0.6) is 0 Å². The average molecular weight is 367 g/mol. The van der Waals surface area contributed by atoms with Crippen molar-refractivity contribution in [1.29, 1.82) is 0 Å². The fraction of sp³-hybridized carbons (Fsp3) is 0.421. The first-order chi connectivity index (χ1) is 12.8. The Morgan fingerprint density at radius 3 is 3.23 bits per heavy atom. The molecule has 0 radical (unpaired) electrons. The Morgan fingerprint density at radius 2 is 2.35 bits per heavy atom. The maximum Gasteiger partial charge on any atom is 0.275 e. The smallest absolute Gasteiger partial charge is 0.275 e. The van der Waals surface area contributed by atoms with Gasteiger partial charge in [0.15, 0.2) is 5.82 Å². The molecule has 134 valence electrons. The molecule has 1 fully saturated rings. The van der Waals surface area contributed by atoms with Crippen molar-refractivity contribution >= 4 is 22.4 Å². The van der Waals surface area contributed by atoms with Crippen LogP contribution in [0.25, 0.3) is 10.7 Å². The van der Waals surface area contributed by atoms with Crippen LogP contribution in [0.4, 0.5) is 0 Å². The lowest BCUT2D eigenvalue weighted by Crippen LogP contribution is -2.36. The zero-order chi connectivity index (χ0) is 17.5. The Labute approximate surface area is 155 Å². The summed E-state index contributed by atoms with van der Waals surface area (Å²) in [6.07, 6.45) is 12.2.